The van der Waals surface area contributed by atoms with E-state index in [9.17, 15) is 0 Å². The van der Waals surface area contributed by atoms with Crippen LogP contribution in [0.2, 0.25) is 0 Å². The molecule has 1 aromatic rings. The summed E-state index contributed by atoms with van der Waals surface area (Å²) in [4.78, 5) is 0. The zero-order valence-electron chi connectivity index (χ0n) is 6.79. The van der Waals surface area contributed by atoms with Gasteiger partial charge >= 0.3 is 0 Å². The van der Waals surface area contributed by atoms with Crippen LogP contribution in [0.5, 0.6) is 5.75 Å². The molecule has 12 heavy (non-hydrogen) atoms. The Bertz CT molecular complexity index is 271. The molecule has 0 amide bonds. The molecule has 0 spiro atoms. The van der Waals surface area contributed by atoms with Crippen molar-refractivity contribution < 1.29 is 4.74 Å². The number of ether oxygens (including phenoxy) is 1. The summed E-state index contributed by atoms with van der Waals surface area (Å²) in [5.41, 5.74) is 0.650. The second-order valence-corrected chi connectivity index (χ2v) is 2.34. The van der Waals surface area contributed by atoms with Crippen LogP contribution in [-0.4, -0.2) is 6.61 Å². The lowest BCUT2D eigenvalue weighted by molar-refractivity contribution is 0.324. The van der Waals surface area contributed by atoms with E-state index in [0.717, 1.165) is 12.2 Å². The molecule has 0 N–H and O–H groups in total. The van der Waals surface area contributed by atoms with Crippen molar-refractivity contribution in [3.8, 4) is 11.8 Å². The molecule has 0 fully saturated rings. The number of hydrogen-bond donors (Lipinski definition) is 0. The number of benzene rings is 1. The first-order valence-electron chi connectivity index (χ1n) is 3.79. The standard InChI is InChI=1S/C10H10NO/c1-2-7-12-10-5-3-9(8-11)4-6-10/h3-6H,1-2,7H2. The summed E-state index contributed by atoms with van der Waals surface area (Å²) in [5, 5.41) is 8.50. The second-order valence-electron chi connectivity index (χ2n) is 2.34. The topological polar surface area (TPSA) is 33.0 Å². The molecule has 0 unspecified atom stereocenters. The molecule has 1 rings (SSSR count). The van der Waals surface area contributed by atoms with Gasteiger partial charge in [-0.2, -0.15) is 5.26 Å². The van der Waals surface area contributed by atoms with Crippen LogP contribution >= 0.6 is 0 Å². The third-order valence-corrected chi connectivity index (χ3v) is 1.40. The van der Waals surface area contributed by atoms with Gasteiger partial charge in [-0.15, -0.1) is 0 Å². The van der Waals surface area contributed by atoms with E-state index >= 15 is 0 Å². The monoisotopic (exact) mass is 160 g/mol. The summed E-state index contributed by atoms with van der Waals surface area (Å²) >= 11 is 0. The highest BCUT2D eigenvalue weighted by Gasteiger charge is 1.92. The van der Waals surface area contributed by atoms with Gasteiger partial charge in [-0.3, -0.25) is 0 Å². The Morgan fingerprint density at radius 2 is 2.00 bits per heavy atom. The lowest BCUT2D eigenvalue weighted by atomic mass is 10.2. The van der Waals surface area contributed by atoms with E-state index < -0.39 is 0 Å². The third kappa shape index (κ3) is 2.28. The molecule has 0 saturated carbocycles. The predicted molar refractivity (Wildman–Crippen MR) is 46.6 cm³/mol. The van der Waals surface area contributed by atoms with Crippen LogP contribution in [-0.2, 0) is 0 Å². The summed E-state index contributed by atoms with van der Waals surface area (Å²) in [5.74, 6) is 0.789. The van der Waals surface area contributed by atoms with Crippen LogP contribution in [0.25, 0.3) is 0 Å². The first-order chi connectivity index (χ1) is 5.86. The predicted octanol–water partition coefficient (Wildman–Crippen LogP) is 2.16. The van der Waals surface area contributed by atoms with Gasteiger partial charge in [0.05, 0.1) is 18.2 Å². The molecule has 2 nitrogen and oxygen atoms in total. The summed E-state index contributed by atoms with van der Waals surface area (Å²) in [7, 11) is 0. The maximum Gasteiger partial charge on any atom is 0.119 e. The molecule has 0 aliphatic heterocycles. The van der Waals surface area contributed by atoms with E-state index in [1.807, 2.05) is 6.07 Å². The lowest BCUT2D eigenvalue weighted by Gasteiger charge is -2.02. The highest BCUT2D eigenvalue weighted by molar-refractivity contribution is 5.34. The van der Waals surface area contributed by atoms with Crippen LogP contribution in [0.1, 0.15) is 12.0 Å². The van der Waals surface area contributed by atoms with Crippen molar-refractivity contribution in [1.29, 1.82) is 5.26 Å². The van der Waals surface area contributed by atoms with Crippen LogP contribution in [0.15, 0.2) is 24.3 Å². The van der Waals surface area contributed by atoms with Crippen molar-refractivity contribution in [3.63, 3.8) is 0 Å². The molecule has 0 saturated heterocycles. The molecule has 0 heterocycles. The molecule has 1 radical (unpaired) electrons. The molecular formula is C10H10NO. The molecule has 2 heteroatoms. The molecule has 0 aliphatic rings. The van der Waals surface area contributed by atoms with Gasteiger partial charge in [0.1, 0.15) is 5.75 Å². The van der Waals surface area contributed by atoms with E-state index in [0.29, 0.717) is 12.2 Å². The van der Waals surface area contributed by atoms with E-state index in [1.54, 1.807) is 24.3 Å². The summed E-state index contributed by atoms with van der Waals surface area (Å²) < 4.78 is 5.28. The average molecular weight is 160 g/mol. The summed E-state index contributed by atoms with van der Waals surface area (Å²) in [6.07, 6.45) is 0.750. The Balaban J connectivity index is 2.60. The average Bonchev–Trinajstić information content (AvgIpc) is 2.15. The molecule has 0 bridgehead atoms. The van der Waals surface area contributed by atoms with Gasteiger partial charge in [0.2, 0.25) is 0 Å². The van der Waals surface area contributed by atoms with Crippen LogP contribution in [0.3, 0.4) is 0 Å². The van der Waals surface area contributed by atoms with Crippen molar-refractivity contribution in [1.82, 2.24) is 0 Å². The van der Waals surface area contributed by atoms with Gasteiger partial charge < -0.3 is 4.74 Å². The smallest absolute Gasteiger partial charge is 0.119 e. The number of nitriles is 1. The maximum atomic E-state index is 8.50. The van der Waals surface area contributed by atoms with Gasteiger partial charge in [-0.25, -0.2) is 0 Å². The zero-order chi connectivity index (χ0) is 8.81. The minimum absolute atomic E-state index is 0.617. The second kappa shape index (κ2) is 4.40. The summed E-state index contributed by atoms with van der Waals surface area (Å²) in [6, 6.07) is 9.08. The Labute approximate surface area is 72.4 Å². The number of nitrogens with zero attached hydrogens (tertiary/aromatic N) is 1. The highest BCUT2D eigenvalue weighted by Crippen LogP contribution is 2.11. The quantitative estimate of drug-likeness (QED) is 0.678. The van der Waals surface area contributed by atoms with Gasteiger partial charge in [0, 0.05) is 0 Å². The SMILES string of the molecule is [CH2]CCOc1ccc(C#N)cc1. The molecular weight excluding hydrogens is 150 g/mol. The van der Waals surface area contributed by atoms with Crippen LogP contribution in [0.4, 0.5) is 0 Å². The van der Waals surface area contributed by atoms with Gasteiger partial charge in [0.25, 0.3) is 0 Å². The molecule has 1 aromatic carbocycles. The minimum Gasteiger partial charge on any atom is -0.494 e. The minimum atomic E-state index is 0.617. The van der Waals surface area contributed by atoms with Crippen molar-refractivity contribution in [2.45, 2.75) is 6.42 Å². The fraction of sp³-hybridized carbons (Fsp3) is 0.200. The van der Waals surface area contributed by atoms with Gasteiger partial charge in [-0.1, -0.05) is 0 Å². The molecule has 0 atom stereocenters. The molecule has 0 aliphatic carbocycles. The van der Waals surface area contributed by atoms with Crippen molar-refractivity contribution >= 4 is 0 Å². The largest absolute Gasteiger partial charge is 0.494 e. The van der Waals surface area contributed by atoms with Crippen molar-refractivity contribution in [3.05, 3.63) is 36.8 Å². The third-order valence-electron chi connectivity index (χ3n) is 1.40. The Hall–Kier alpha value is -1.49. The Kier molecular flexibility index (Phi) is 3.16. The van der Waals surface area contributed by atoms with E-state index in [1.165, 1.54) is 0 Å². The first-order valence-corrected chi connectivity index (χ1v) is 3.79. The summed E-state index contributed by atoms with van der Waals surface area (Å²) in [6.45, 7) is 4.27. The first kappa shape index (κ1) is 8.61. The van der Waals surface area contributed by atoms with E-state index in [-0.39, 0.29) is 0 Å². The van der Waals surface area contributed by atoms with Crippen molar-refractivity contribution in [2.75, 3.05) is 6.61 Å². The van der Waals surface area contributed by atoms with E-state index in [2.05, 4.69) is 6.92 Å². The Morgan fingerprint density at radius 1 is 1.33 bits per heavy atom. The zero-order valence-corrected chi connectivity index (χ0v) is 6.79. The normalized spacial score (nSPS) is 9.00. The van der Waals surface area contributed by atoms with Crippen molar-refractivity contribution in [2.24, 2.45) is 0 Å². The fourth-order valence-electron chi connectivity index (χ4n) is 0.816. The Morgan fingerprint density at radius 3 is 2.50 bits per heavy atom. The number of hydrogen-bond acceptors (Lipinski definition) is 2. The van der Waals surface area contributed by atoms with Crippen LogP contribution in [0, 0.1) is 18.3 Å². The maximum absolute atomic E-state index is 8.50. The highest BCUT2D eigenvalue weighted by atomic mass is 16.5. The van der Waals surface area contributed by atoms with Crippen LogP contribution < -0.4 is 4.74 Å². The lowest BCUT2D eigenvalue weighted by Crippen LogP contribution is -1.94. The van der Waals surface area contributed by atoms with Gasteiger partial charge in [0.15, 0.2) is 0 Å². The van der Waals surface area contributed by atoms with E-state index in [4.69, 9.17) is 10.00 Å². The number of rotatable bonds is 3. The fourth-order valence-corrected chi connectivity index (χ4v) is 0.816. The molecule has 0 aromatic heterocycles. The molecule has 61 valence electrons. The van der Waals surface area contributed by atoms with Gasteiger partial charge in [-0.05, 0) is 37.6 Å².